The van der Waals surface area contributed by atoms with Crippen LogP contribution in [0.2, 0.25) is 0 Å². The van der Waals surface area contributed by atoms with Crippen LogP contribution >= 0.6 is 0 Å². The molecule has 0 saturated heterocycles. The summed E-state index contributed by atoms with van der Waals surface area (Å²) >= 11 is 0. The number of aromatic nitrogens is 1. The Morgan fingerprint density at radius 1 is 1.00 bits per heavy atom. The van der Waals surface area contributed by atoms with Crippen LogP contribution in [0.15, 0.2) is 54.6 Å². The van der Waals surface area contributed by atoms with Crippen molar-refractivity contribution in [3.05, 3.63) is 73.3 Å². The molecular weight excluding hydrogens is 410 g/mol. The largest absolute Gasteiger partial charge is 0.301 e. The molecule has 0 unspecified atom stereocenters. The third kappa shape index (κ3) is 2.75. The van der Waals surface area contributed by atoms with Crippen molar-refractivity contribution in [2.24, 2.45) is 0 Å². The predicted octanol–water partition coefficient (Wildman–Crippen LogP) is 3.95. The Labute approximate surface area is 127 Å². The molecule has 1 nitrogen and oxygen atoms in total. The Kier molecular flexibility index (Phi) is 4.47. The van der Waals surface area contributed by atoms with E-state index in [0.717, 1.165) is 17.0 Å². The third-order valence-electron chi connectivity index (χ3n) is 2.99. The molecule has 0 amide bonds. The van der Waals surface area contributed by atoms with Gasteiger partial charge in [0.1, 0.15) is 0 Å². The summed E-state index contributed by atoms with van der Waals surface area (Å²) < 4.78 is 0. The van der Waals surface area contributed by atoms with Gasteiger partial charge in [-0.2, -0.15) is 0 Å². The number of pyridine rings is 1. The van der Waals surface area contributed by atoms with Gasteiger partial charge in [0, 0.05) is 25.8 Å². The Bertz CT molecular complexity index is 686. The molecule has 0 N–H and O–H groups in total. The minimum absolute atomic E-state index is 0. The van der Waals surface area contributed by atoms with Gasteiger partial charge in [0.25, 0.3) is 0 Å². The van der Waals surface area contributed by atoms with Crippen LogP contribution in [0.5, 0.6) is 0 Å². The fourth-order valence-electron chi connectivity index (χ4n) is 2.11. The van der Waals surface area contributed by atoms with E-state index < -0.39 is 0 Å². The predicted molar refractivity (Wildman–Crippen MR) is 74.0 cm³/mol. The zero-order chi connectivity index (χ0) is 12.4. The van der Waals surface area contributed by atoms with E-state index in [2.05, 4.69) is 29.2 Å². The van der Waals surface area contributed by atoms with Gasteiger partial charge in [0.15, 0.2) is 0 Å². The zero-order valence-electron chi connectivity index (χ0n) is 10.3. The van der Waals surface area contributed by atoms with Crippen LogP contribution in [-0.2, 0) is 26.5 Å². The maximum Gasteiger partial charge on any atom is 0.0300 e. The second-order valence-corrected chi connectivity index (χ2v) is 4.16. The van der Waals surface area contributed by atoms with Gasteiger partial charge < -0.3 is 4.98 Å². The summed E-state index contributed by atoms with van der Waals surface area (Å²) in [5.41, 5.74) is 2.85. The monoisotopic (exact) mass is 423 g/mol. The molecule has 0 fully saturated rings. The fourth-order valence-corrected chi connectivity index (χ4v) is 2.11. The van der Waals surface area contributed by atoms with E-state index in [1.807, 2.05) is 36.4 Å². The van der Waals surface area contributed by atoms with E-state index in [4.69, 9.17) is 6.92 Å². The summed E-state index contributed by atoms with van der Waals surface area (Å²) in [6, 6.07) is 21.5. The Balaban J connectivity index is 0.00000133. The average molecular weight is 423 g/mol. The first-order chi connectivity index (χ1) is 8.88. The van der Waals surface area contributed by atoms with E-state index in [0.29, 0.717) is 6.42 Å². The molecule has 0 spiro atoms. The van der Waals surface area contributed by atoms with Crippen molar-refractivity contribution in [3.8, 4) is 11.3 Å². The minimum Gasteiger partial charge on any atom is -0.301 e. The standard InChI is InChI=1S/C17H12N.Ir/c1-2-14-9-6-12-17(18-14)16-11-5-8-13-7-3-4-10-15(13)16;/h1,3-10,12H,2H2;/q-1;. The minimum atomic E-state index is 0. The summed E-state index contributed by atoms with van der Waals surface area (Å²) in [4.78, 5) is 4.56. The van der Waals surface area contributed by atoms with Crippen LogP contribution in [0.25, 0.3) is 22.0 Å². The second kappa shape index (κ2) is 6.10. The molecule has 0 aliphatic heterocycles. The Morgan fingerprint density at radius 2 is 1.84 bits per heavy atom. The third-order valence-corrected chi connectivity index (χ3v) is 2.99. The van der Waals surface area contributed by atoms with Crippen molar-refractivity contribution >= 4 is 10.8 Å². The van der Waals surface area contributed by atoms with E-state index in [-0.39, 0.29) is 20.1 Å². The summed E-state index contributed by atoms with van der Waals surface area (Å²) in [6.45, 7) is 5.64. The van der Waals surface area contributed by atoms with Gasteiger partial charge in [-0.05, 0) is 25.1 Å². The molecule has 0 aliphatic carbocycles. The first kappa shape index (κ1) is 13.9. The molecule has 0 atom stereocenters. The molecule has 3 radical (unpaired) electrons. The average Bonchev–Trinajstić information content (AvgIpc) is 2.47. The van der Waals surface area contributed by atoms with E-state index in [9.17, 15) is 0 Å². The second-order valence-electron chi connectivity index (χ2n) is 4.16. The van der Waals surface area contributed by atoms with Crippen LogP contribution in [0, 0.1) is 13.0 Å². The van der Waals surface area contributed by atoms with E-state index >= 15 is 0 Å². The number of rotatable bonds is 2. The maximum absolute atomic E-state index is 5.64. The number of nitrogens with zero attached hydrogens (tertiary/aromatic N) is 1. The zero-order valence-corrected chi connectivity index (χ0v) is 12.7. The number of hydrogen-bond acceptors (Lipinski definition) is 1. The summed E-state index contributed by atoms with van der Waals surface area (Å²) in [7, 11) is 0. The summed E-state index contributed by atoms with van der Waals surface area (Å²) in [5.74, 6) is 0. The van der Waals surface area contributed by atoms with E-state index in [1.165, 1.54) is 10.8 Å². The van der Waals surface area contributed by atoms with Crippen molar-refractivity contribution < 1.29 is 20.1 Å². The molecule has 0 bridgehead atoms. The van der Waals surface area contributed by atoms with Gasteiger partial charge >= 0.3 is 0 Å². The molecule has 1 aromatic heterocycles. The van der Waals surface area contributed by atoms with Crippen LogP contribution in [0.1, 0.15) is 5.69 Å². The number of fused-ring (bicyclic) bond motifs is 1. The maximum atomic E-state index is 5.64. The quantitative estimate of drug-likeness (QED) is 0.570. The van der Waals surface area contributed by atoms with Gasteiger partial charge in [-0.25, -0.2) is 0 Å². The molecule has 2 aromatic carbocycles. The van der Waals surface area contributed by atoms with Crippen LogP contribution < -0.4 is 0 Å². The smallest absolute Gasteiger partial charge is 0.0300 e. The molecule has 3 aromatic rings. The molecule has 19 heavy (non-hydrogen) atoms. The first-order valence-corrected chi connectivity index (χ1v) is 5.94. The molecule has 3 rings (SSSR count). The van der Waals surface area contributed by atoms with E-state index in [1.54, 1.807) is 0 Å². The number of benzene rings is 2. The van der Waals surface area contributed by atoms with Gasteiger partial charge in [0.05, 0.1) is 0 Å². The van der Waals surface area contributed by atoms with Crippen molar-refractivity contribution in [3.63, 3.8) is 0 Å². The molecule has 0 saturated carbocycles. The topological polar surface area (TPSA) is 12.9 Å². The van der Waals surface area contributed by atoms with Crippen molar-refractivity contribution in [1.82, 2.24) is 4.98 Å². The molecule has 1 heterocycles. The fraction of sp³-hybridized carbons (Fsp3) is 0.0588. The number of hydrogen-bond donors (Lipinski definition) is 0. The molecule has 95 valence electrons. The van der Waals surface area contributed by atoms with Gasteiger partial charge in [-0.1, -0.05) is 41.8 Å². The van der Waals surface area contributed by atoms with Gasteiger partial charge in [0.2, 0.25) is 0 Å². The van der Waals surface area contributed by atoms with Crippen molar-refractivity contribution in [2.45, 2.75) is 6.42 Å². The summed E-state index contributed by atoms with van der Waals surface area (Å²) in [6.07, 6.45) is 0.457. The van der Waals surface area contributed by atoms with Crippen LogP contribution in [-0.4, -0.2) is 4.98 Å². The van der Waals surface area contributed by atoms with Crippen LogP contribution in [0.4, 0.5) is 0 Å². The summed E-state index contributed by atoms with van der Waals surface area (Å²) in [5, 5.41) is 2.37. The van der Waals surface area contributed by atoms with Crippen LogP contribution in [0.3, 0.4) is 0 Å². The van der Waals surface area contributed by atoms with Crippen molar-refractivity contribution in [2.75, 3.05) is 0 Å². The SMILES string of the molecule is [CH]Cc1cccc(-c2[c-]ccc3ccccc23)n1.[Ir]. The Morgan fingerprint density at radius 3 is 2.68 bits per heavy atom. The molecular formula is C17H12IrN-. The molecule has 0 aliphatic rings. The van der Waals surface area contributed by atoms with Gasteiger partial charge in [-0.3, -0.25) is 0 Å². The Hall–Kier alpha value is -1.50. The van der Waals surface area contributed by atoms with Gasteiger partial charge in [-0.15, -0.1) is 29.1 Å². The first-order valence-electron chi connectivity index (χ1n) is 5.94. The molecule has 2 heteroatoms. The normalized spacial score (nSPS) is 10.2. The van der Waals surface area contributed by atoms with Crippen molar-refractivity contribution in [1.29, 1.82) is 0 Å².